The molecule has 1 heterocycles. The zero-order valence-electron chi connectivity index (χ0n) is 9.22. The van der Waals surface area contributed by atoms with Crippen molar-refractivity contribution in [2.75, 3.05) is 12.0 Å². The fraction of sp³-hybridized carbons (Fsp3) is 1.00. The Labute approximate surface area is 85.4 Å². The van der Waals surface area contributed by atoms with Gasteiger partial charge >= 0.3 is 0 Å². The topological polar surface area (TPSA) is 18.5 Å². The maximum absolute atomic E-state index is 5.83. The average Bonchev–Trinajstić information content (AvgIpc) is 2.17. The molecule has 1 aliphatic heterocycles. The second-order valence-corrected chi connectivity index (χ2v) is 5.45. The molecule has 0 aliphatic carbocycles. The summed E-state index contributed by atoms with van der Waals surface area (Å²) in [6.45, 7) is 8.36. The lowest BCUT2D eigenvalue weighted by molar-refractivity contribution is -0.0864. The molecule has 0 bridgehead atoms. The smallest absolute Gasteiger partial charge is 0.160 e. The van der Waals surface area contributed by atoms with Crippen LogP contribution in [0, 0.1) is 0 Å². The molecule has 1 aliphatic rings. The summed E-state index contributed by atoms with van der Waals surface area (Å²) in [6.07, 6.45) is 3.07. The van der Waals surface area contributed by atoms with Gasteiger partial charge in [-0.15, -0.1) is 0 Å². The van der Waals surface area contributed by atoms with Crippen LogP contribution < -0.4 is 0 Å². The van der Waals surface area contributed by atoms with Crippen molar-refractivity contribution in [3.05, 3.63) is 0 Å². The molecule has 0 saturated carbocycles. The summed E-state index contributed by atoms with van der Waals surface area (Å²) >= 11 is 1.83. The van der Waals surface area contributed by atoms with Gasteiger partial charge in [-0.3, -0.25) is 0 Å². The Kier molecular flexibility index (Phi) is 3.31. The van der Waals surface area contributed by atoms with Gasteiger partial charge in [0.25, 0.3) is 0 Å². The third-order valence-electron chi connectivity index (χ3n) is 2.86. The fourth-order valence-corrected chi connectivity index (χ4v) is 1.73. The lowest BCUT2D eigenvalue weighted by Gasteiger charge is -2.30. The van der Waals surface area contributed by atoms with Crippen LogP contribution in [0.2, 0.25) is 0 Å². The average molecular weight is 204 g/mol. The number of thioether (sulfide) groups is 1. The van der Waals surface area contributed by atoms with Crippen molar-refractivity contribution in [3.8, 4) is 0 Å². The van der Waals surface area contributed by atoms with E-state index in [9.17, 15) is 0 Å². The summed E-state index contributed by atoms with van der Waals surface area (Å²) in [5.41, 5.74) is -0.341. The first kappa shape index (κ1) is 11.3. The van der Waals surface area contributed by atoms with Crippen LogP contribution in [0.25, 0.3) is 0 Å². The first-order valence-electron chi connectivity index (χ1n) is 4.73. The zero-order valence-corrected chi connectivity index (χ0v) is 10.0. The van der Waals surface area contributed by atoms with Crippen LogP contribution in [0.4, 0.5) is 0 Å². The van der Waals surface area contributed by atoms with Gasteiger partial charge in [-0.1, -0.05) is 0 Å². The minimum absolute atomic E-state index is 0.0163. The molecule has 0 unspecified atom stereocenters. The van der Waals surface area contributed by atoms with Gasteiger partial charge in [0.2, 0.25) is 0 Å². The van der Waals surface area contributed by atoms with Crippen molar-refractivity contribution >= 4 is 11.8 Å². The van der Waals surface area contributed by atoms with E-state index in [1.807, 2.05) is 11.8 Å². The van der Waals surface area contributed by atoms with Crippen LogP contribution in [-0.4, -0.2) is 29.5 Å². The highest BCUT2D eigenvalue weighted by molar-refractivity contribution is 7.98. The van der Waals surface area contributed by atoms with Gasteiger partial charge in [0.1, 0.15) is 0 Å². The zero-order chi connectivity index (χ0) is 10.1. The van der Waals surface area contributed by atoms with Crippen molar-refractivity contribution in [1.82, 2.24) is 0 Å². The Morgan fingerprint density at radius 1 is 1.08 bits per heavy atom. The lowest BCUT2D eigenvalue weighted by Crippen LogP contribution is -2.41. The monoisotopic (exact) mass is 204 g/mol. The third kappa shape index (κ3) is 2.39. The van der Waals surface area contributed by atoms with Crippen LogP contribution in [0.15, 0.2) is 0 Å². The number of ether oxygens (including phenoxy) is 2. The molecule has 1 saturated heterocycles. The maximum atomic E-state index is 5.83. The van der Waals surface area contributed by atoms with Crippen LogP contribution in [0.3, 0.4) is 0 Å². The molecule has 0 amide bonds. The molecule has 0 radical (unpaired) electrons. The van der Waals surface area contributed by atoms with E-state index in [1.54, 1.807) is 0 Å². The predicted octanol–water partition coefficient (Wildman–Crippen LogP) is 2.67. The van der Waals surface area contributed by atoms with E-state index in [2.05, 4.69) is 34.0 Å². The molecule has 0 atom stereocenters. The second kappa shape index (κ2) is 3.79. The van der Waals surface area contributed by atoms with E-state index in [0.29, 0.717) is 0 Å². The normalized spacial score (nSPS) is 26.5. The van der Waals surface area contributed by atoms with E-state index in [4.69, 9.17) is 9.47 Å². The SMILES string of the molecule is CSCCC1OC(C)(C)C(C)(C)O1. The highest BCUT2D eigenvalue weighted by Gasteiger charge is 2.48. The number of rotatable bonds is 3. The Bertz CT molecular complexity index is 162. The van der Waals surface area contributed by atoms with Gasteiger partial charge in [-0.2, -0.15) is 11.8 Å². The molecule has 0 N–H and O–H groups in total. The van der Waals surface area contributed by atoms with Gasteiger partial charge < -0.3 is 9.47 Å². The van der Waals surface area contributed by atoms with E-state index in [1.165, 1.54) is 0 Å². The first-order valence-corrected chi connectivity index (χ1v) is 6.13. The highest BCUT2D eigenvalue weighted by Crippen LogP contribution is 2.39. The Balaban J connectivity index is 2.50. The fourth-order valence-electron chi connectivity index (χ4n) is 1.30. The molecule has 0 aromatic rings. The van der Waals surface area contributed by atoms with Gasteiger partial charge in [0, 0.05) is 6.42 Å². The largest absolute Gasteiger partial charge is 0.344 e. The number of hydrogen-bond donors (Lipinski definition) is 0. The third-order valence-corrected chi connectivity index (χ3v) is 3.50. The van der Waals surface area contributed by atoms with Crippen LogP contribution in [-0.2, 0) is 9.47 Å². The van der Waals surface area contributed by atoms with Crippen LogP contribution in [0.5, 0.6) is 0 Å². The maximum Gasteiger partial charge on any atom is 0.160 e. The molecule has 3 heteroatoms. The van der Waals surface area contributed by atoms with E-state index < -0.39 is 0 Å². The summed E-state index contributed by atoms with van der Waals surface area (Å²) in [5, 5.41) is 0. The van der Waals surface area contributed by atoms with Gasteiger partial charge in [0.15, 0.2) is 6.29 Å². The van der Waals surface area contributed by atoms with Crippen molar-refractivity contribution in [1.29, 1.82) is 0 Å². The van der Waals surface area contributed by atoms with Gasteiger partial charge in [0.05, 0.1) is 11.2 Å². The molecule has 0 spiro atoms. The first-order chi connectivity index (χ1) is 5.89. The predicted molar refractivity (Wildman–Crippen MR) is 57.1 cm³/mol. The molecule has 0 aromatic heterocycles. The second-order valence-electron chi connectivity index (χ2n) is 4.47. The van der Waals surface area contributed by atoms with E-state index in [-0.39, 0.29) is 17.5 Å². The van der Waals surface area contributed by atoms with Gasteiger partial charge in [-0.05, 0) is 39.7 Å². The molecular weight excluding hydrogens is 184 g/mol. The minimum Gasteiger partial charge on any atom is -0.344 e. The van der Waals surface area contributed by atoms with Crippen LogP contribution >= 0.6 is 11.8 Å². The minimum atomic E-state index is -0.171. The van der Waals surface area contributed by atoms with E-state index >= 15 is 0 Å². The van der Waals surface area contributed by atoms with E-state index in [0.717, 1.165) is 12.2 Å². The standard InChI is InChI=1S/C10H20O2S/c1-9(2)10(3,4)12-8(11-9)6-7-13-5/h8H,6-7H2,1-5H3. The van der Waals surface area contributed by atoms with Crippen molar-refractivity contribution < 1.29 is 9.47 Å². The Hall–Kier alpha value is 0.270. The lowest BCUT2D eigenvalue weighted by atomic mass is 9.90. The molecule has 13 heavy (non-hydrogen) atoms. The molecule has 78 valence electrons. The van der Waals surface area contributed by atoms with Crippen molar-refractivity contribution in [2.24, 2.45) is 0 Å². The quantitative estimate of drug-likeness (QED) is 0.704. The summed E-state index contributed by atoms with van der Waals surface area (Å²) in [6, 6.07) is 0. The van der Waals surface area contributed by atoms with Crippen molar-refractivity contribution in [3.63, 3.8) is 0 Å². The van der Waals surface area contributed by atoms with Gasteiger partial charge in [-0.25, -0.2) is 0 Å². The molecule has 2 nitrogen and oxygen atoms in total. The summed E-state index contributed by atoms with van der Waals surface area (Å²) in [7, 11) is 0. The Morgan fingerprint density at radius 3 is 1.92 bits per heavy atom. The molecule has 0 aromatic carbocycles. The summed E-state index contributed by atoms with van der Waals surface area (Å²) in [4.78, 5) is 0. The molecule has 1 fully saturated rings. The number of hydrogen-bond acceptors (Lipinski definition) is 3. The highest BCUT2D eigenvalue weighted by atomic mass is 32.2. The summed E-state index contributed by atoms with van der Waals surface area (Å²) < 4.78 is 11.7. The molecule has 1 rings (SSSR count). The van der Waals surface area contributed by atoms with Crippen molar-refractivity contribution in [2.45, 2.75) is 51.6 Å². The van der Waals surface area contributed by atoms with Crippen LogP contribution in [0.1, 0.15) is 34.1 Å². The summed E-state index contributed by atoms with van der Waals surface area (Å²) in [5.74, 6) is 1.09. The Morgan fingerprint density at radius 2 is 1.54 bits per heavy atom. The molecular formula is C10H20O2S.